The summed E-state index contributed by atoms with van der Waals surface area (Å²) in [6.07, 6.45) is -1.07. The second-order valence-electron chi connectivity index (χ2n) is 12.9. The summed E-state index contributed by atoms with van der Waals surface area (Å²) < 4.78 is 15.8. The van der Waals surface area contributed by atoms with Crippen LogP contribution in [0, 0.1) is 5.92 Å². The van der Waals surface area contributed by atoms with Crippen LogP contribution in [0.25, 0.3) is 0 Å². The van der Waals surface area contributed by atoms with Gasteiger partial charge in [0.1, 0.15) is 16.8 Å². The first kappa shape index (κ1) is 35.3. The van der Waals surface area contributed by atoms with Gasteiger partial charge in [-0.15, -0.1) is 0 Å². The minimum atomic E-state index is -0.839. The first-order chi connectivity index (χ1) is 16.6. The zero-order chi connectivity index (χ0) is 29.0. The molecule has 0 aliphatic rings. The lowest BCUT2D eigenvalue weighted by Gasteiger charge is -2.26. The van der Waals surface area contributed by atoms with Crippen LogP contribution in [0.3, 0.4) is 0 Å². The molecule has 0 heterocycles. The zero-order valence-corrected chi connectivity index (χ0v) is 24.5. The molecule has 0 fully saturated rings. The number of carbonyl (C=O) groups is 3. The Morgan fingerprint density at radius 3 is 0.919 bits per heavy atom. The van der Waals surface area contributed by atoms with E-state index >= 15 is 0 Å². The molecule has 0 aliphatic carbocycles. The largest absolute Gasteiger partial charge is 0.460 e. The van der Waals surface area contributed by atoms with Gasteiger partial charge in [0, 0.05) is 19.3 Å². The molecule has 0 amide bonds. The van der Waals surface area contributed by atoms with Crippen molar-refractivity contribution in [3.63, 3.8) is 0 Å². The highest BCUT2D eigenvalue weighted by Gasteiger charge is 2.25. The molecule has 0 radical (unpaired) electrons. The predicted molar refractivity (Wildman–Crippen MR) is 141 cm³/mol. The van der Waals surface area contributed by atoms with E-state index < -0.39 is 53.0 Å². The molecule has 0 saturated carbocycles. The van der Waals surface area contributed by atoms with E-state index in [2.05, 4.69) is 0 Å². The molecular weight excluding hydrogens is 480 g/mol. The Kier molecular flexibility index (Phi) is 14.9. The van der Waals surface area contributed by atoms with Crippen molar-refractivity contribution in [2.24, 2.45) is 5.92 Å². The van der Waals surface area contributed by atoms with Gasteiger partial charge in [-0.3, -0.25) is 14.4 Å². The minimum Gasteiger partial charge on any atom is -0.460 e. The van der Waals surface area contributed by atoms with Crippen LogP contribution in [0.2, 0.25) is 0 Å². The number of rotatable bonds is 15. The molecule has 0 saturated heterocycles. The van der Waals surface area contributed by atoms with Crippen LogP contribution in [0.15, 0.2) is 0 Å². The van der Waals surface area contributed by atoms with E-state index in [1.807, 2.05) is 0 Å². The fraction of sp³-hybridized carbons (Fsp3) is 0.893. The maximum atomic E-state index is 12.0. The Bertz CT molecular complexity index is 603. The molecular formula is C28H52O9. The molecule has 0 aliphatic heterocycles. The van der Waals surface area contributed by atoms with E-state index in [9.17, 15) is 29.7 Å². The van der Waals surface area contributed by atoms with Gasteiger partial charge in [-0.1, -0.05) is 0 Å². The van der Waals surface area contributed by atoms with Crippen LogP contribution in [-0.2, 0) is 28.6 Å². The van der Waals surface area contributed by atoms with Crippen LogP contribution in [0.4, 0.5) is 0 Å². The number of aliphatic hydroxyl groups excluding tert-OH is 3. The first-order valence-electron chi connectivity index (χ1n) is 13.3. The Morgan fingerprint density at radius 2 is 0.730 bits per heavy atom. The SMILES string of the molecule is CC(C)(C)OC(=O)CCC(O)CC(CC(O)CCC(=O)OC(C)(C)C)CC(O)CCC(=O)OC(C)(C)C. The summed E-state index contributed by atoms with van der Waals surface area (Å²) in [7, 11) is 0. The second kappa shape index (κ2) is 15.6. The number of aliphatic hydroxyl groups is 3. The number of hydrogen-bond acceptors (Lipinski definition) is 9. The lowest BCUT2D eigenvalue weighted by molar-refractivity contribution is -0.156. The van der Waals surface area contributed by atoms with Gasteiger partial charge in [0.05, 0.1) is 18.3 Å². The molecule has 9 heteroatoms. The predicted octanol–water partition coefficient (Wildman–Crippen LogP) is 4.22. The summed E-state index contributed by atoms with van der Waals surface area (Å²) >= 11 is 0. The van der Waals surface area contributed by atoms with Crippen molar-refractivity contribution in [1.29, 1.82) is 0 Å². The lowest BCUT2D eigenvalue weighted by atomic mass is 9.86. The third-order valence-electron chi connectivity index (χ3n) is 5.12. The number of ether oxygens (including phenoxy) is 3. The monoisotopic (exact) mass is 532 g/mol. The second-order valence-corrected chi connectivity index (χ2v) is 12.9. The maximum Gasteiger partial charge on any atom is 0.306 e. The highest BCUT2D eigenvalue weighted by molar-refractivity contribution is 5.70. The highest BCUT2D eigenvalue weighted by Crippen LogP contribution is 2.25. The molecule has 0 spiro atoms. The molecule has 3 N–H and O–H groups in total. The van der Waals surface area contributed by atoms with E-state index in [1.54, 1.807) is 62.3 Å². The molecule has 0 bridgehead atoms. The smallest absolute Gasteiger partial charge is 0.306 e. The highest BCUT2D eigenvalue weighted by atomic mass is 16.6. The number of hydrogen-bond donors (Lipinski definition) is 3. The standard InChI is InChI=1S/C28H52O9/c1-26(2,3)35-23(32)13-10-20(29)16-19(17-21(30)11-14-24(33)36-27(4,5)6)18-22(31)12-15-25(34)37-28(7,8)9/h19-22,29-31H,10-18H2,1-9H3. The van der Waals surface area contributed by atoms with Crippen molar-refractivity contribution >= 4 is 17.9 Å². The number of esters is 3. The van der Waals surface area contributed by atoms with Crippen molar-refractivity contribution in [1.82, 2.24) is 0 Å². The van der Waals surface area contributed by atoms with Gasteiger partial charge in [0.15, 0.2) is 0 Å². The Balaban J connectivity index is 4.99. The molecule has 0 aromatic carbocycles. The summed E-state index contributed by atoms with van der Waals surface area (Å²) in [5, 5.41) is 31.7. The summed E-state index contributed by atoms with van der Waals surface area (Å²) in [4.78, 5) is 36.0. The fourth-order valence-corrected chi connectivity index (χ4v) is 3.83. The van der Waals surface area contributed by atoms with Crippen molar-refractivity contribution in [2.45, 2.75) is 155 Å². The average Bonchev–Trinajstić information content (AvgIpc) is 2.65. The molecule has 3 atom stereocenters. The normalized spacial score (nSPS) is 15.9. The molecule has 0 aromatic rings. The number of carbonyl (C=O) groups excluding carboxylic acids is 3. The summed E-state index contributed by atoms with van der Waals surface area (Å²) in [5.41, 5.74) is -1.83. The van der Waals surface area contributed by atoms with Crippen molar-refractivity contribution in [3.8, 4) is 0 Å². The van der Waals surface area contributed by atoms with Crippen LogP contribution >= 0.6 is 0 Å². The molecule has 3 unspecified atom stereocenters. The molecule has 9 nitrogen and oxygen atoms in total. The zero-order valence-electron chi connectivity index (χ0n) is 24.5. The molecule has 0 aromatic heterocycles. The Morgan fingerprint density at radius 1 is 0.514 bits per heavy atom. The van der Waals surface area contributed by atoms with E-state index in [4.69, 9.17) is 14.2 Å². The van der Waals surface area contributed by atoms with Gasteiger partial charge in [-0.2, -0.15) is 0 Å². The molecule has 218 valence electrons. The van der Waals surface area contributed by atoms with Gasteiger partial charge < -0.3 is 29.5 Å². The van der Waals surface area contributed by atoms with Gasteiger partial charge >= 0.3 is 17.9 Å². The van der Waals surface area contributed by atoms with E-state index in [1.165, 1.54) is 0 Å². The van der Waals surface area contributed by atoms with Gasteiger partial charge in [0.2, 0.25) is 0 Å². The summed E-state index contributed by atoms with van der Waals surface area (Å²) in [6, 6.07) is 0. The van der Waals surface area contributed by atoms with Crippen LogP contribution < -0.4 is 0 Å². The van der Waals surface area contributed by atoms with Crippen LogP contribution in [0.5, 0.6) is 0 Å². The van der Waals surface area contributed by atoms with Gasteiger partial charge in [0.25, 0.3) is 0 Å². The van der Waals surface area contributed by atoms with Crippen LogP contribution in [0.1, 0.15) is 120 Å². The average molecular weight is 533 g/mol. The van der Waals surface area contributed by atoms with Crippen molar-refractivity contribution in [2.75, 3.05) is 0 Å². The molecule has 37 heavy (non-hydrogen) atoms. The maximum absolute atomic E-state index is 12.0. The molecule has 0 rings (SSSR count). The van der Waals surface area contributed by atoms with Crippen molar-refractivity contribution < 1.29 is 43.9 Å². The topological polar surface area (TPSA) is 140 Å². The lowest BCUT2D eigenvalue weighted by Crippen LogP contribution is -2.27. The first-order valence-corrected chi connectivity index (χ1v) is 13.3. The summed E-state index contributed by atoms with van der Waals surface area (Å²) in [5.74, 6) is -1.51. The Hall–Kier alpha value is -1.71. The van der Waals surface area contributed by atoms with E-state index in [0.29, 0.717) is 0 Å². The van der Waals surface area contributed by atoms with Gasteiger partial charge in [-0.25, -0.2) is 0 Å². The van der Waals surface area contributed by atoms with E-state index in [0.717, 1.165) is 0 Å². The quantitative estimate of drug-likeness (QED) is 0.209. The minimum absolute atomic E-state index is 0.0492. The fourth-order valence-electron chi connectivity index (χ4n) is 3.83. The van der Waals surface area contributed by atoms with E-state index in [-0.39, 0.29) is 63.7 Å². The summed E-state index contributed by atoms with van der Waals surface area (Å²) in [6.45, 7) is 16.0. The van der Waals surface area contributed by atoms with Gasteiger partial charge in [-0.05, 0) is 107 Å². The third kappa shape index (κ3) is 22.0. The van der Waals surface area contributed by atoms with Crippen LogP contribution in [-0.4, -0.2) is 68.3 Å². The van der Waals surface area contributed by atoms with Crippen molar-refractivity contribution in [3.05, 3.63) is 0 Å². The third-order valence-corrected chi connectivity index (χ3v) is 5.12. The Labute approximate surface area is 223 Å².